The van der Waals surface area contributed by atoms with Crippen molar-refractivity contribution in [1.82, 2.24) is 14.7 Å². The van der Waals surface area contributed by atoms with Gasteiger partial charge >= 0.3 is 0 Å². The van der Waals surface area contributed by atoms with Gasteiger partial charge in [0.05, 0.1) is 18.1 Å². The van der Waals surface area contributed by atoms with Crippen LogP contribution in [-0.2, 0) is 10.0 Å². The van der Waals surface area contributed by atoms with E-state index in [4.69, 9.17) is 0 Å². The van der Waals surface area contributed by atoms with Crippen LogP contribution in [0.15, 0.2) is 12.4 Å². The van der Waals surface area contributed by atoms with Gasteiger partial charge in [-0.2, -0.15) is 0 Å². The minimum absolute atomic E-state index is 0.0818. The van der Waals surface area contributed by atoms with Crippen LogP contribution in [0.5, 0.6) is 0 Å². The van der Waals surface area contributed by atoms with E-state index in [-0.39, 0.29) is 18.2 Å². The molecule has 0 aliphatic carbocycles. The Bertz CT molecular complexity index is 420. The lowest BCUT2D eigenvalue weighted by Crippen LogP contribution is -2.29. The van der Waals surface area contributed by atoms with Gasteiger partial charge in [0.1, 0.15) is 0 Å². The molecule has 0 amide bonds. The summed E-state index contributed by atoms with van der Waals surface area (Å²) in [5.41, 5.74) is 0. The summed E-state index contributed by atoms with van der Waals surface area (Å²) in [4.78, 5) is 7.26. The Morgan fingerprint density at radius 1 is 1.38 bits per heavy atom. The van der Waals surface area contributed by atoms with Gasteiger partial charge in [0.2, 0.25) is 16.0 Å². The molecule has 1 aromatic heterocycles. The Morgan fingerprint density at radius 3 is 2.56 bits per heavy atom. The number of sulfonamides is 1. The number of halogens is 1. The van der Waals surface area contributed by atoms with Crippen molar-refractivity contribution in [3.63, 3.8) is 0 Å². The van der Waals surface area contributed by atoms with Crippen LogP contribution in [0, 0.1) is 5.82 Å². The summed E-state index contributed by atoms with van der Waals surface area (Å²) >= 11 is 0. The first-order valence-corrected chi connectivity index (χ1v) is 6.37. The molecule has 0 bridgehead atoms. The zero-order valence-corrected chi connectivity index (χ0v) is 9.59. The molecule has 0 spiro atoms. The number of nitrogens with one attached hydrogen (secondary N) is 2. The van der Waals surface area contributed by atoms with E-state index in [1.54, 1.807) is 6.92 Å². The topological polar surface area (TPSA) is 84.0 Å². The van der Waals surface area contributed by atoms with Gasteiger partial charge < -0.3 is 5.32 Å². The van der Waals surface area contributed by atoms with Crippen LogP contribution in [0.25, 0.3) is 0 Å². The minimum Gasteiger partial charge on any atom is -0.353 e. The Kier molecular flexibility index (Phi) is 4.56. The SMILES string of the molecule is CCNS(=O)(=O)CCNc1ncc(F)cn1. The monoisotopic (exact) mass is 248 g/mol. The van der Waals surface area contributed by atoms with E-state index >= 15 is 0 Å². The molecule has 0 radical (unpaired) electrons. The van der Waals surface area contributed by atoms with E-state index in [1.165, 1.54) is 0 Å². The van der Waals surface area contributed by atoms with Gasteiger partial charge in [0, 0.05) is 13.1 Å². The second-order valence-corrected chi connectivity index (χ2v) is 4.89. The predicted molar refractivity (Wildman–Crippen MR) is 57.9 cm³/mol. The van der Waals surface area contributed by atoms with E-state index in [2.05, 4.69) is 20.0 Å². The first kappa shape index (κ1) is 12.8. The number of anilines is 1. The highest BCUT2D eigenvalue weighted by molar-refractivity contribution is 7.89. The largest absolute Gasteiger partial charge is 0.353 e. The number of hydrogen-bond donors (Lipinski definition) is 2. The van der Waals surface area contributed by atoms with Gasteiger partial charge in [0.25, 0.3) is 0 Å². The molecule has 1 aromatic rings. The highest BCUT2D eigenvalue weighted by atomic mass is 32.2. The van der Waals surface area contributed by atoms with Crippen molar-refractivity contribution in [2.75, 3.05) is 24.2 Å². The number of hydrogen-bond acceptors (Lipinski definition) is 5. The third-order valence-electron chi connectivity index (χ3n) is 1.64. The molecular formula is C8H13FN4O2S. The lowest BCUT2D eigenvalue weighted by atomic mass is 10.6. The summed E-state index contributed by atoms with van der Waals surface area (Å²) in [7, 11) is -3.25. The summed E-state index contributed by atoms with van der Waals surface area (Å²) in [6.07, 6.45) is 2.02. The van der Waals surface area contributed by atoms with Crippen LogP contribution in [0.4, 0.5) is 10.3 Å². The third kappa shape index (κ3) is 4.49. The third-order valence-corrected chi connectivity index (χ3v) is 3.11. The van der Waals surface area contributed by atoms with Gasteiger partial charge in [-0.3, -0.25) is 0 Å². The quantitative estimate of drug-likeness (QED) is 0.738. The molecule has 1 rings (SSSR count). The molecular weight excluding hydrogens is 235 g/mol. The molecule has 0 atom stereocenters. The fourth-order valence-electron chi connectivity index (χ4n) is 0.993. The van der Waals surface area contributed by atoms with Gasteiger partial charge in [-0.25, -0.2) is 27.5 Å². The molecule has 16 heavy (non-hydrogen) atoms. The summed E-state index contributed by atoms with van der Waals surface area (Å²) in [5, 5.41) is 2.68. The Labute approximate surface area is 93.4 Å². The highest BCUT2D eigenvalue weighted by Gasteiger charge is 2.07. The standard InChI is InChI=1S/C8H13FN4O2S/c1-2-13-16(14,15)4-3-10-8-11-5-7(9)6-12-8/h5-6,13H,2-4H2,1H3,(H,10,11,12). The lowest BCUT2D eigenvalue weighted by molar-refractivity contribution is 0.584. The Hall–Kier alpha value is -1.28. The number of aromatic nitrogens is 2. The average Bonchev–Trinajstić information content (AvgIpc) is 2.20. The fourth-order valence-corrected chi connectivity index (χ4v) is 1.95. The van der Waals surface area contributed by atoms with Crippen LogP contribution in [0.3, 0.4) is 0 Å². The molecule has 8 heteroatoms. The minimum atomic E-state index is -3.25. The Balaban J connectivity index is 2.39. The second-order valence-electron chi connectivity index (χ2n) is 2.97. The van der Waals surface area contributed by atoms with Crippen molar-refractivity contribution < 1.29 is 12.8 Å². The van der Waals surface area contributed by atoms with E-state index < -0.39 is 15.8 Å². The summed E-state index contributed by atoms with van der Waals surface area (Å²) in [6.45, 7) is 2.23. The molecule has 90 valence electrons. The van der Waals surface area contributed by atoms with Crippen LogP contribution < -0.4 is 10.0 Å². The molecule has 0 aliphatic rings. The predicted octanol–water partition coefficient (Wildman–Crippen LogP) is -0.0331. The van der Waals surface area contributed by atoms with Crippen molar-refractivity contribution in [3.8, 4) is 0 Å². The van der Waals surface area contributed by atoms with Crippen molar-refractivity contribution in [1.29, 1.82) is 0 Å². The summed E-state index contributed by atoms with van der Waals surface area (Å²) < 4.78 is 37.2. The molecule has 0 unspecified atom stereocenters. The zero-order chi connectivity index (χ0) is 12.0. The van der Waals surface area contributed by atoms with E-state index in [0.29, 0.717) is 6.54 Å². The molecule has 2 N–H and O–H groups in total. The van der Waals surface area contributed by atoms with Crippen LogP contribution >= 0.6 is 0 Å². The summed E-state index contributed by atoms with van der Waals surface area (Å²) in [5.74, 6) is -0.416. The van der Waals surface area contributed by atoms with Crippen molar-refractivity contribution in [2.45, 2.75) is 6.92 Å². The van der Waals surface area contributed by atoms with Crippen molar-refractivity contribution >= 4 is 16.0 Å². The normalized spacial score (nSPS) is 11.4. The zero-order valence-electron chi connectivity index (χ0n) is 8.77. The number of nitrogens with zero attached hydrogens (tertiary/aromatic N) is 2. The van der Waals surface area contributed by atoms with E-state index in [0.717, 1.165) is 12.4 Å². The van der Waals surface area contributed by atoms with Crippen LogP contribution in [-0.4, -0.2) is 37.2 Å². The molecule has 0 fully saturated rings. The van der Waals surface area contributed by atoms with Gasteiger partial charge in [-0.1, -0.05) is 6.92 Å². The van der Waals surface area contributed by atoms with Crippen LogP contribution in [0.2, 0.25) is 0 Å². The maximum atomic E-state index is 12.4. The maximum absolute atomic E-state index is 12.4. The molecule has 0 saturated heterocycles. The van der Waals surface area contributed by atoms with E-state index in [1.807, 2.05) is 0 Å². The average molecular weight is 248 g/mol. The summed E-state index contributed by atoms with van der Waals surface area (Å²) in [6, 6.07) is 0. The van der Waals surface area contributed by atoms with Gasteiger partial charge in [-0.15, -0.1) is 0 Å². The van der Waals surface area contributed by atoms with E-state index in [9.17, 15) is 12.8 Å². The first-order chi connectivity index (χ1) is 7.53. The Morgan fingerprint density at radius 2 is 2.00 bits per heavy atom. The molecule has 6 nitrogen and oxygen atoms in total. The number of rotatable bonds is 6. The fraction of sp³-hybridized carbons (Fsp3) is 0.500. The highest BCUT2D eigenvalue weighted by Crippen LogP contribution is 1.97. The van der Waals surface area contributed by atoms with Crippen LogP contribution in [0.1, 0.15) is 6.92 Å². The smallest absolute Gasteiger partial charge is 0.222 e. The van der Waals surface area contributed by atoms with Gasteiger partial charge in [0.15, 0.2) is 5.82 Å². The van der Waals surface area contributed by atoms with Crippen molar-refractivity contribution in [2.24, 2.45) is 0 Å². The van der Waals surface area contributed by atoms with Crippen molar-refractivity contribution in [3.05, 3.63) is 18.2 Å². The maximum Gasteiger partial charge on any atom is 0.222 e. The molecule has 1 heterocycles. The lowest BCUT2D eigenvalue weighted by Gasteiger charge is -2.05. The first-order valence-electron chi connectivity index (χ1n) is 4.72. The molecule has 0 aliphatic heterocycles. The molecule has 0 saturated carbocycles. The van der Waals surface area contributed by atoms with Gasteiger partial charge in [-0.05, 0) is 0 Å². The molecule has 0 aromatic carbocycles. The second kappa shape index (κ2) is 5.71.